The van der Waals surface area contributed by atoms with Crippen molar-refractivity contribution in [2.45, 2.75) is 32.2 Å². The number of aromatic carboxylic acids is 1. The van der Waals surface area contributed by atoms with E-state index in [-0.39, 0.29) is 5.69 Å². The van der Waals surface area contributed by atoms with E-state index in [0.29, 0.717) is 6.04 Å². The summed E-state index contributed by atoms with van der Waals surface area (Å²) in [4.78, 5) is 17.2. The molecule has 0 aromatic carbocycles. The summed E-state index contributed by atoms with van der Waals surface area (Å²) >= 11 is 0. The molecule has 4 nitrogen and oxygen atoms in total. The lowest BCUT2D eigenvalue weighted by molar-refractivity contribution is 0.0690. The van der Waals surface area contributed by atoms with Crippen LogP contribution in [0.1, 0.15) is 36.7 Å². The highest BCUT2D eigenvalue weighted by atomic mass is 16.4. The van der Waals surface area contributed by atoms with Gasteiger partial charge in [-0.2, -0.15) is 0 Å². The molecule has 0 saturated carbocycles. The van der Waals surface area contributed by atoms with Gasteiger partial charge in [0.1, 0.15) is 5.82 Å². The Bertz CT molecular complexity index is 392. The maximum Gasteiger partial charge on any atom is 0.354 e. The number of carboxylic acids is 1. The zero-order chi connectivity index (χ0) is 11.5. The van der Waals surface area contributed by atoms with E-state index in [0.717, 1.165) is 25.2 Å². The summed E-state index contributed by atoms with van der Waals surface area (Å²) in [5.41, 5.74) is 0.124. The molecule has 1 aromatic heterocycles. The molecule has 86 valence electrons. The molecule has 1 saturated heterocycles. The van der Waals surface area contributed by atoms with Crippen LogP contribution in [0.5, 0.6) is 0 Å². The predicted molar refractivity (Wildman–Crippen MR) is 61.9 cm³/mol. The number of hydrogen-bond donors (Lipinski definition) is 1. The quantitative estimate of drug-likeness (QED) is 0.848. The monoisotopic (exact) mass is 220 g/mol. The lowest BCUT2D eigenvalue weighted by Gasteiger charge is -2.24. The van der Waals surface area contributed by atoms with E-state index in [1.54, 1.807) is 6.07 Å². The number of carboxylic acid groups (broad SMARTS) is 1. The van der Waals surface area contributed by atoms with E-state index >= 15 is 0 Å². The molecular formula is C12H16N2O2. The van der Waals surface area contributed by atoms with Gasteiger partial charge in [-0.3, -0.25) is 0 Å². The average molecular weight is 220 g/mol. The topological polar surface area (TPSA) is 53.4 Å². The van der Waals surface area contributed by atoms with E-state index in [1.165, 1.54) is 12.5 Å². The van der Waals surface area contributed by atoms with Crippen molar-refractivity contribution >= 4 is 11.8 Å². The van der Waals surface area contributed by atoms with Crippen molar-refractivity contribution in [3.8, 4) is 0 Å². The molecular weight excluding hydrogens is 204 g/mol. The van der Waals surface area contributed by atoms with Crippen LogP contribution >= 0.6 is 0 Å². The summed E-state index contributed by atoms with van der Waals surface area (Å²) in [6.45, 7) is 3.14. The minimum absolute atomic E-state index is 0.124. The van der Waals surface area contributed by atoms with Gasteiger partial charge in [-0.15, -0.1) is 0 Å². The molecule has 2 rings (SSSR count). The molecule has 0 amide bonds. The maximum absolute atomic E-state index is 10.8. The van der Waals surface area contributed by atoms with Crippen LogP contribution in [0, 0.1) is 0 Å². The molecule has 0 aliphatic carbocycles. The third kappa shape index (κ3) is 2.01. The molecule has 1 unspecified atom stereocenters. The molecule has 1 atom stereocenters. The van der Waals surface area contributed by atoms with Crippen LogP contribution in [-0.2, 0) is 0 Å². The van der Waals surface area contributed by atoms with Crippen molar-refractivity contribution in [2.75, 3.05) is 11.4 Å². The molecule has 1 aromatic rings. The van der Waals surface area contributed by atoms with Crippen LogP contribution in [0.25, 0.3) is 0 Å². The van der Waals surface area contributed by atoms with Crippen LogP contribution < -0.4 is 4.90 Å². The minimum Gasteiger partial charge on any atom is -0.477 e. The molecule has 0 bridgehead atoms. The van der Waals surface area contributed by atoms with Gasteiger partial charge in [-0.05, 0) is 31.4 Å². The number of anilines is 1. The zero-order valence-electron chi connectivity index (χ0n) is 9.39. The largest absolute Gasteiger partial charge is 0.477 e. The fraction of sp³-hybridized carbons (Fsp3) is 0.500. The Kier molecular flexibility index (Phi) is 3.08. The number of aromatic nitrogens is 1. The summed E-state index contributed by atoms with van der Waals surface area (Å²) in [5.74, 6) is -0.168. The zero-order valence-corrected chi connectivity index (χ0v) is 9.39. The van der Waals surface area contributed by atoms with Gasteiger partial charge in [0.05, 0.1) is 0 Å². The average Bonchev–Trinajstić information content (AvgIpc) is 2.77. The number of pyridine rings is 1. The standard InChI is InChI=1S/C12H16N2O2/c1-2-9-5-4-8-14(9)11-7-3-6-10(13-11)12(15)16/h3,6-7,9H,2,4-5,8H2,1H3,(H,15,16). The van der Waals surface area contributed by atoms with Crippen molar-refractivity contribution < 1.29 is 9.90 Å². The van der Waals surface area contributed by atoms with E-state index in [1.807, 2.05) is 6.07 Å². The smallest absolute Gasteiger partial charge is 0.354 e. The molecule has 1 N–H and O–H groups in total. The summed E-state index contributed by atoms with van der Waals surface area (Å²) in [7, 11) is 0. The Hall–Kier alpha value is -1.58. The van der Waals surface area contributed by atoms with Gasteiger partial charge in [-0.1, -0.05) is 13.0 Å². The van der Waals surface area contributed by atoms with Gasteiger partial charge < -0.3 is 10.0 Å². The number of hydrogen-bond acceptors (Lipinski definition) is 3. The fourth-order valence-corrected chi connectivity index (χ4v) is 2.26. The summed E-state index contributed by atoms with van der Waals surface area (Å²) in [5, 5.41) is 8.89. The van der Waals surface area contributed by atoms with E-state index in [9.17, 15) is 4.79 Å². The summed E-state index contributed by atoms with van der Waals surface area (Å²) in [6.07, 6.45) is 3.42. The summed E-state index contributed by atoms with van der Waals surface area (Å²) < 4.78 is 0. The lowest BCUT2D eigenvalue weighted by Crippen LogP contribution is -2.29. The highest BCUT2D eigenvalue weighted by molar-refractivity contribution is 5.85. The normalized spacial score (nSPS) is 20.1. The molecule has 2 heterocycles. The van der Waals surface area contributed by atoms with Gasteiger partial charge in [0, 0.05) is 12.6 Å². The van der Waals surface area contributed by atoms with E-state index in [4.69, 9.17) is 5.11 Å². The van der Waals surface area contributed by atoms with Gasteiger partial charge in [0.15, 0.2) is 5.69 Å². The van der Waals surface area contributed by atoms with Crippen molar-refractivity contribution in [2.24, 2.45) is 0 Å². The summed E-state index contributed by atoms with van der Waals surface area (Å²) in [6, 6.07) is 5.69. The first kappa shape index (κ1) is 10.9. The molecule has 4 heteroatoms. The van der Waals surface area contributed by atoms with Gasteiger partial charge in [0.2, 0.25) is 0 Å². The van der Waals surface area contributed by atoms with Crippen LogP contribution in [0.3, 0.4) is 0 Å². The lowest BCUT2D eigenvalue weighted by atomic mass is 10.2. The first-order chi connectivity index (χ1) is 7.72. The van der Waals surface area contributed by atoms with E-state index in [2.05, 4.69) is 16.8 Å². The van der Waals surface area contributed by atoms with Gasteiger partial charge in [0.25, 0.3) is 0 Å². The highest BCUT2D eigenvalue weighted by Gasteiger charge is 2.24. The van der Waals surface area contributed by atoms with Crippen molar-refractivity contribution in [1.82, 2.24) is 4.98 Å². The van der Waals surface area contributed by atoms with Gasteiger partial charge in [-0.25, -0.2) is 9.78 Å². The SMILES string of the molecule is CCC1CCCN1c1cccc(C(=O)O)n1. The van der Waals surface area contributed by atoms with Crippen molar-refractivity contribution in [1.29, 1.82) is 0 Å². The molecule has 0 radical (unpaired) electrons. The Morgan fingerprint density at radius 1 is 1.62 bits per heavy atom. The van der Waals surface area contributed by atoms with E-state index < -0.39 is 5.97 Å². The third-order valence-corrected chi connectivity index (χ3v) is 3.10. The maximum atomic E-state index is 10.8. The Morgan fingerprint density at radius 2 is 2.44 bits per heavy atom. The molecule has 16 heavy (non-hydrogen) atoms. The van der Waals surface area contributed by atoms with Crippen molar-refractivity contribution in [3.05, 3.63) is 23.9 Å². The van der Waals surface area contributed by atoms with Crippen LogP contribution in [-0.4, -0.2) is 28.6 Å². The molecule has 1 aliphatic heterocycles. The number of carbonyl (C=O) groups is 1. The molecule has 0 spiro atoms. The van der Waals surface area contributed by atoms with Crippen LogP contribution in [0.4, 0.5) is 5.82 Å². The first-order valence-corrected chi connectivity index (χ1v) is 5.69. The Balaban J connectivity index is 2.26. The fourth-order valence-electron chi connectivity index (χ4n) is 2.26. The highest BCUT2D eigenvalue weighted by Crippen LogP contribution is 2.25. The second-order valence-electron chi connectivity index (χ2n) is 4.08. The van der Waals surface area contributed by atoms with Crippen LogP contribution in [0.15, 0.2) is 18.2 Å². The predicted octanol–water partition coefficient (Wildman–Crippen LogP) is 2.16. The molecule has 1 aliphatic rings. The Morgan fingerprint density at radius 3 is 3.12 bits per heavy atom. The van der Waals surface area contributed by atoms with Crippen LogP contribution in [0.2, 0.25) is 0 Å². The molecule has 1 fully saturated rings. The number of rotatable bonds is 3. The minimum atomic E-state index is -0.964. The second-order valence-corrected chi connectivity index (χ2v) is 4.08. The van der Waals surface area contributed by atoms with Crippen molar-refractivity contribution in [3.63, 3.8) is 0 Å². The first-order valence-electron chi connectivity index (χ1n) is 5.69. The Labute approximate surface area is 94.9 Å². The third-order valence-electron chi connectivity index (χ3n) is 3.10. The second kappa shape index (κ2) is 4.51. The number of nitrogens with zero attached hydrogens (tertiary/aromatic N) is 2. The van der Waals surface area contributed by atoms with Gasteiger partial charge >= 0.3 is 5.97 Å².